The van der Waals surface area contributed by atoms with E-state index in [0.717, 1.165) is 5.56 Å². The highest BCUT2D eigenvalue weighted by molar-refractivity contribution is 6.21. The van der Waals surface area contributed by atoms with Crippen molar-refractivity contribution in [2.24, 2.45) is 5.92 Å². The first-order chi connectivity index (χ1) is 12.7. The Bertz CT molecular complexity index is 757. The fourth-order valence-electron chi connectivity index (χ4n) is 3.10. The topological polar surface area (TPSA) is 92.8 Å². The molecular formula is C20H26N2O5. The minimum absolute atomic E-state index is 0.109. The highest BCUT2D eigenvalue weighted by Gasteiger charge is 2.35. The molecule has 146 valence electrons. The van der Waals surface area contributed by atoms with Gasteiger partial charge in [-0.3, -0.25) is 19.3 Å². The van der Waals surface area contributed by atoms with Gasteiger partial charge in [-0.05, 0) is 37.8 Å². The van der Waals surface area contributed by atoms with E-state index in [-0.39, 0.29) is 36.6 Å². The molecule has 1 heterocycles. The van der Waals surface area contributed by atoms with Gasteiger partial charge in [-0.15, -0.1) is 0 Å². The number of hydrogen-bond acceptors (Lipinski definition) is 5. The van der Waals surface area contributed by atoms with Crippen molar-refractivity contribution in [2.45, 2.75) is 46.1 Å². The molecule has 0 radical (unpaired) electrons. The van der Waals surface area contributed by atoms with E-state index in [1.165, 1.54) is 12.0 Å². The predicted octanol–water partition coefficient (Wildman–Crippen LogP) is 2.08. The summed E-state index contributed by atoms with van der Waals surface area (Å²) < 4.78 is 4.72. The van der Waals surface area contributed by atoms with Crippen LogP contribution in [0.3, 0.4) is 0 Å². The highest BCUT2D eigenvalue weighted by Crippen LogP contribution is 2.24. The molecule has 1 aromatic rings. The third-order valence-electron chi connectivity index (χ3n) is 4.44. The summed E-state index contributed by atoms with van der Waals surface area (Å²) in [6, 6.07) is 4.47. The van der Waals surface area contributed by atoms with Gasteiger partial charge in [0.15, 0.2) is 0 Å². The van der Waals surface area contributed by atoms with Crippen LogP contribution >= 0.6 is 0 Å². The van der Waals surface area contributed by atoms with Crippen molar-refractivity contribution in [1.82, 2.24) is 10.2 Å². The first-order valence-electron chi connectivity index (χ1n) is 9.08. The summed E-state index contributed by atoms with van der Waals surface area (Å²) in [5, 5.41) is 2.67. The second-order valence-corrected chi connectivity index (χ2v) is 7.19. The lowest BCUT2D eigenvalue weighted by Crippen LogP contribution is -2.42. The number of ether oxygens (including phenoxy) is 1. The van der Waals surface area contributed by atoms with Crippen molar-refractivity contribution in [3.8, 4) is 0 Å². The summed E-state index contributed by atoms with van der Waals surface area (Å²) in [4.78, 5) is 49.9. The van der Waals surface area contributed by atoms with Crippen LogP contribution in [0.25, 0.3) is 0 Å². The number of nitrogens with zero attached hydrogens (tertiary/aromatic N) is 1. The van der Waals surface area contributed by atoms with Gasteiger partial charge in [0.25, 0.3) is 11.8 Å². The van der Waals surface area contributed by atoms with Crippen molar-refractivity contribution >= 4 is 23.7 Å². The van der Waals surface area contributed by atoms with Crippen LogP contribution in [0.1, 0.15) is 59.4 Å². The number of esters is 1. The first kappa shape index (κ1) is 20.6. The second-order valence-electron chi connectivity index (χ2n) is 7.19. The van der Waals surface area contributed by atoms with Crippen molar-refractivity contribution < 1.29 is 23.9 Å². The summed E-state index contributed by atoms with van der Waals surface area (Å²) in [6.07, 6.45) is 0.917. The molecule has 0 bridgehead atoms. The zero-order chi connectivity index (χ0) is 20.1. The molecule has 7 heteroatoms. The number of rotatable bonds is 8. The van der Waals surface area contributed by atoms with Crippen LogP contribution in [-0.4, -0.2) is 48.3 Å². The molecule has 0 fully saturated rings. The minimum Gasteiger partial charge on any atom is -0.467 e. The van der Waals surface area contributed by atoms with Gasteiger partial charge in [-0.25, -0.2) is 4.79 Å². The lowest BCUT2D eigenvalue weighted by Gasteiger charge is -2.19. The van der Waals surface area contributed by atoms with E-state index < -0.39 is 12.0 Å². The van der Waals surface area contributed by atoms with Gasteiger partial charge in [-0.2, -0.15) is 0 Å². The molecule has 1 N–H and O–H groups in total. The molecule has 1 aromatic carbocycles. The van der Waals surface area contributed by atoms with Crippen molar-refractivity contribution in [3.05, 3.63) is 34.9 Å². The van der Waals surface area contributed by atoms with E-state index >= 15 is 0 Å². The molecule has 1 atom stereocenters. The van der Waals surface area contributed by atoms with Gasteiger partial charge < -0.3 is 10.1 Å². The summed E-state index contributed by atoms with van der Waals surface area (Å²) in [5.74, 6) is -1.23. The van der Waals surface area contributed by atoms with Gasteiger partial charge in [0.05, 0.1) is 18.2 Å². The Morgan fingerprint density at radius 1 is 1.15 bits per heavy atom. The fraction of sp³-hybridized carbons (Fsp3) is 0.500. The molecule has 7 nitrogen and oxygen atoms in total. The van der Waals surface area contributed by atoms with E-state index in [2.05, 4.69) is 5.32 Å². The van der Waals surface area contributed by atoms with Crippen LogP contribution in [0, 0.1) is 12.8 Å². The number of carbonyl (C=O) groups is 4. The van der Waals surface area contributed by atoms with Crippen molar-refractivity contribution in [3.63, 3.8) is 0 Å². The van der Waals surface area contributed by atoms with Gasteiger partial charge in [0, 0.05) is 13.0 Å². The molecular weight excluding hydrogens is 348 g/mol. The van der Waals surface area contributed by atoms with Crippen molar-refractivity contribution in [1.29, 1.82) is 0 Å². The summed E-state index contributed by atoms with van der Waals surface area (Å²) >= 11 is 0. The van der Waals surface area contributed by atoms with Gasteiger partial charge in [0.1, 0.15) is 6.04 Å². The third kappa shape index (κ3) is 4.93. The number of imide groups is 1. The summed E-state index contributed by atoms with van der Waals surface area (Å²) in [7, 11) is 1.28. The zero-order valence-corrected chi connectivity index (χ0v) is 16.2. The van der Waals surface area contributed by atoms with E-state index in [1.807, 2.05) is 20.8 Å². The third-order valence-corrected chi connectivity index (χ3v) is 4.44. The van der Waals surface area contributed by atoms with Crippen LogP contribution in [0.4, 0.5) is 0 Å². The number of amides is 3. The average molecular weight is 374 g/mol. The normalized spacial score (nSPS) is 14.3. The number of methoxy groups -OCH3 is 1. The molecule has 2 rings (SSSR count). The molecule has 0 aliphatic carbocycles. The number of fused-ring (bicyclic) bond motifs is 1. The molecule has 1 aliphatic rings. The zero-order valence-electron chi connectivity index (χ0n) is 16.2. The van der Waals surface area contributed by atoms with Crippen molar-refractivity contribution in [2.75, 3.05) is 13.7 Å². The first-order valence-corrected chi connectivity index (χ1v) is 9.08. The predicted molar refractivity (Wildman–Crippen MR) is 99.2 cm³/mol. The maximum atomic E-state index is 12.4. The van der Waals surface area contributed by atoms with Crippen LogP contribution in [0.2, 0.25) is 0 Å². The van der Waals surface area contributed by atoms with Crippen LogP contribution < -0.4 is 5.32 Å². The SMILES string of the molecule is COC(=O)[C@@H](CC(C)C)NC(=O)CCCN1C(=O)c2ccc(C)cc2C1=O. The van der Waals surface area contributed by atoms with E-state index in [0.29, 0.717) is 24.0 Å². The standard InChI is InChI=1S/C20H26N2O5/c1-12(2)10-16(20(26)27-4)21-17(23)6-5-9-22-18(24)14-8-7-13(3)11-15(14)19(22)25/h7-8,11-12,16H,5-6,9-10H2,1-4H3,(H,21,23)/t16-/m1/s1. The highest BCUT2D eigenvalue weighted by atomic mass is 16.5. The summed E-state index contributed by atoms with van der Waals surface area (Å²) in [6.45, 7) is 5.92. The number of carbonyl (C=O) groups excluding carboxylic acids is 4. The number of benzene rings is 1. The maximum absolute atomic E-state index is 12.4. The Morgan fingerprint density at radius 3 is 2.44 bits per heavy atom. The lowest BCUT2D eigenvalue weighted by atomic mass is 10.0. The molecule has 0 saturated heterocycles. The van der Waals surface area contributed by atoms with Gasteiger partial charge >= 0.3 is 5.97 Å². The summed E-state index contributed by atoms with van der Waals surface area (Å²) in [5.41, 5.74) is 1.72. The lowest BCUT2D eigenvalue weighted by molar-refractivity contribution is -0.145. The minimum atomic E-state index is -0.690. The molecule has 1 aliphatic heterocycles. The molecule has 0 unspecified atom stereocenters. The maximum Gasteiger partial charge on any atom is 0.328 e. The Labute approximate surface area is 159 Å². The quantitative estimate of drug-likeness (QED) is 0.555. The molecule has 0 spiro atoms. The number of aryl methyl sites for hydroxylation is 1. The van der Waals surface area contributed by atoms with Crippen LogP contribution in [0.5, 0.6) is 0 Å². The monoisotopic (exact) mass is 374 g/mol. The van der Waals surface area contributed by atoms with Gasteiger partial charge in [-0.1, -0.05) is 25.5 Å². The van der Waals surface area contributed by atoms with E-state index in [4.69, 9.17) is 4.74 Å². The Hall–Kier alpha value is -2.70. The smallest absolute Gasteiger partial charge is 0.328 e. The molecule has 3 amide bonds. The van der Waals surface area contributed by atoms with Crippen LogP contribution in [0.15, 0.2) is 18.2 Å². The number of nitrogens with one attached hydrogen (secondary N) is 1. The Morgan fingerprint density at radius 2 is 1.81 bits per heavy atom. The second kappa shape index (κ2) is 8.79. The average Bonchev–Trinajstić information content (AvgIpc) is 2.84. The largest absolute Gasteiger partial charge is 0.467 e. The number of hydrogen-bond donors (Lipinski definition) is 1. The van der Waals surface area contributed by atoms with Gasteiger partial charge in [0.2, 0.25) is 5.91 Å². The molecule has 27 heavy (non-hydrogen) atoms. The Balaban J connectivity index is 1.89. The van der Waals surface area contributed by atoms with E-state index in [9.17, 15) is 19.2 Å². The fourth-order valence-corrected chi connectivity index (χ4v) is 3.10. The van der Waals surface area contributed by atoms with E-state index in [1.54, 1.807) is 18.2 Å². The Kier molecular flexibility index (Phi) is 6.71. The molecule has 0 saturated carbocycles. The molecule has 0 aromatic heterocycles. The van der Waals surface area contributed by atoms with Crippen LogP contribution in [-0.2, 0) is 14.3 Å².